The summed E-state index contributed by atoms with van der Waals surface area (Å²) in [4.78, 5) is 0. The summed E-state index contributed by atoms with van der Waals surface area (Å²) in [6.07, 6.45) is 4.26. The molecule has 0 fully saturated rings. The van der Waals surface area contributed by atoms with Gasteiger partial charge in [-0.3, -0.25) is 0 Å². The molecule has 20 heavy (non-hydrogen) atoms. The van der Waals surface area contributed by atoms with Crippen LogP contribution in [0.15, 0.2) is 54.8 Å². The molecule has 0 atom stereocenters. The average molecular weight is 291 g/mol. The molecule has 0 saturated heterocycles. The van der Waals surface area contributed by atoms with E-state index >= 15 is 0 Å². The van der Waals surface area contributed by atoms with Crippen LogP contribution in [0.3, 0.4) is 0 Å². The zero-order valence-corrected chi connectivity index (χ0v) is 11.8. The molecule has 0 aliphatic carbocycles. The van der Waals surface area contributed by atoms with Crippen molar-refractivity contribution in [3.63, 3.8) is 0 Å². The maximum Gasteiger partial charge on any atom is 0.171 e. The Kier molecular flexibility index (Phi) is 4.91. The highest BCUT2D eigenvalue weighted by molar-refractivity contribution is 6.30. The standard InChI is InChI=1S/C16H15ClO3/c1-2-3-10-19-16-11-14(8-9-15(16)18)20-13-6-4-12(17)5-7-13/h3-11,18H,2H2,1H3/b10-3-. The summed E-state index contributed by atoms with van der Waals surface area (Å²) in [6, 6.07) is 11.9. The number of phenols is 1. The summed E-state index contributed by atoms with van der Waals surface area (Å²) >= 11 is 5.82. The summed E-state index contributed by atoms with van der Waals surface area (Å²) in [7, 11) is 0. The summed E-state index contributed by atoms with van der Waals surface area (Å²) in [5.74, 6) is 1.65. The minimum Gasteiger partial charge on any atom is -0.504 e. The first-order valence-electron chi connectivity index (χ1n) is 6.27. The minimum absolute atomic E-state index is 0.0641. The largest absolute Gasteiger partial charge is 0.504 e. The SMILES string of the molecule is CC/C=C\Oc1cc(Oc2ccc(Cl)cc2)ccc1O. The number of ether oxygens (including phenoxy) is 2. The first-order chi connectivity index (χ1) is 9.69. The quantitative estimate of drug-likeness (QED) is 0.775. The van der Waals surface area contributed by atoms with Gasteiger partial charge in [0.25, 0.3) is 0 Å². The number of aromatic hydroxyl groups is 1. The molecule has 0 saturated carbocycles. The van der Waals surface area contributed by atoms with E-state index in [0.29, 0.717) is 22.3 Å². The Bertz CT molecular complexity index is 591. The highest BCUT2D eigenvalue weighted by Gasteiger charge is 2.05. The Labute approximate surface area is 123 Å². The number of hydrogen-bond donors (Lipinski definition) is 1. The normalized spacial score (nSPS) is 10.7. The Morgan fingerprint density at radius 1 is 1.10 bits per heavy atom. The second-order valence-electron chi connectivity index (χ2n) is 4.08. The fraction of sp³-hybridized carbons (Fsp3) is 0.125. The summed E-state index contributed by atoms with van der Waals surface area (Å²) in [5, 5.41) is 10.4. The van der Waals surface area contributed by atoms with E-state index in [4.69, 9.17) is 21.1 Å². The minimum atomic E-state index is 0.0641. The number of benzene rings is 2. The molecule has 0 bridgehead atoms. The van der Waals surface area contributed by atoms with Crippen molar-refractivity contribution >= 4 is 11.6 Å². The number of hydrogen-bond acceptors (Lipinski definition) is 3. The summed E-state index contributed by atoms with van der Waals surface area (Å²) in [5.41, 5.74) is 0. The number of allylic oxidation sites excluding steroid dienone is 1. The second-order valence-corrected chi connectivity index (χ2v) is 4.52. The molecule has 2 aromatic rings. The first-order valence-corrected chi connectivity index (χ1v) is 6.65. The lowest BCUT2D eigenvalue weighted by Gasteiger charge is -2.08. The summed E-state index contributed by atoms with van der Waals surface area (Å²) in [6.45, 7) is 2.00. The lowest BCUT2D eigenvalue weighted by Crippen LogP contribution is -1.87. The molecule has 0 spiro atoms. The van der Waals surface area contributed by atoms with Crippen LogP contribution in [0.2, 0.25) is 5.02 Å². The second kappa shape index (κ2) is 6.87. The number of phenolic OH excluding ortho intramolecular Hbond substituents is 1. The van der Waals surface area contributed by atoms with Crippen LogP contribution in [0.1, 0.15) is 13.3 Å². The van der Waals surface area contributed by atoms with Gasteiger partial charge < -0.3 is 14.6 Å². The van der Waals surface area contributed by atoms with Crippen LogP contribution in [0.5, 0.6) is 23.0 Å². The van der Waals surface area contributed by atoms with Gasteiger partial charge in [0.05, 0.1) is 6.26 Å². The molecule has 0 aromatic heterocycles. The summed E-state index contributed by atoms with van der Waals surface area (Å²) < 4.78 is 11.0. The average Bonchev–Trinajstić information content (AvgIpc) is 2.45. The molecule has 0 aliphatic rings. The van der Waals surface area contributed by atoms with Crippen LogP contribution in [0.4, 0.5) is 0 Å². The van der Waals surface area contributed by atoms with Crippen molar-refractivity contribution in [2.75, 3.05) is 0 Å². The molecule has 1 N–H and O–H groups in total. The van der Waals surface area contributed by atoms with Gasteiger partial charge in [-0.15, -0.1) is 0 Å². The molecule has 3 nitrogen and oxygen atoms in total. The lowest BCUT2D eigenvalue weighted by molar-refractivity contribution is 0.403. The Morgan fingerprint density at radius 2 is 1.80 bits per heavy atom. The molecule has 4 heteroatoms. The lowest BCUT2D eigenvalue weighted by atomic mass is 10.3. The van der Waals surface area contributed by atoms with Crippen molar-refractivity contribution in [2.24, 2.45) is 0 Å². The van der Waals surface area contributed by atoms with Crippen LogP contribution in [0.25, 0.3) is 0 Å². The number of halogens is 1. The van der Waals surface area contributed by atoms with E-state index in [2.05, 4.69) is 0 Å². The maximum absolute atomic E-state index is 9.70. The van der Waals surface area contributed by atoms with E-state index in [1.54, 1.807) is 42.7 Å². The Balaban J connectivity index is 2.14. The van der Waals surface area contributed by atoms with Crippen molar-refractivity contribution in [3.05, 3.63) is 59.8 Å². The van der Waals surface area contributed by atoms with Gasteiger partial charge in [0, 0.05) is 11.1 Å². The molecule has 0 radical (unpaired) electrons. The highest BCUT2D eigenvalue weighted by atomic mass is 35.5. The monoisotopic (exact) mass is 290 g/mol. The molecule has 0 aliphatic heterocycles. The van der Waals surface area contributed by atoms with Crippen LogP contribution in [0, 0.1) is 0 Å². The van der Waals surface area contributed by atoms with Crippen molar-refractivity contribution in [1.29, 1.82) is 0 Å². The maximum atomic E-state index is 9.70. The van der Waals surface area contributed by atoms with Gasteiger partial charge in [0.2, 0.25) is 0 Å². The van der Waals surface area contributed by atoms with Crippen molar-refractivity contribution < 1.29 is 14.6 Å². The first kappa shape index (κ1) is 14.3. The fourth-order valence-electron chi connectivity index (χ4n) is 1.51. The predicted molar refractivity (Wildman–Crippen MR) is 79.7 cm³/mol. The van der Waals surface area contributed by atoms with Gasteiger partial charge in [0.1, 0.15) is 11.5 Å². The van der Waals surface area contributed by atoms with Crippen LogP contribution < -0.4 is 9.47 Å². The predicted octanol–water partition coefficient (Wildman–Crippen LogP) is 5.14. The van der Waals surface area contributed by atoms with Gasteiger partial charge in [-0.05, 0) is 48.9 Å². The van der Waals surface area contributed by atoms with E-state index in [9.17, 15) is 5.11 Å². The highest BCUT2D eigenvalue weighted by Crippen LogP contribution is 2.33. The van der Waals surface area contributed by atoms with Crippen LogP contribution >= 0.6 is 11.6 Å². The molecule has 0 heterocycles. The van der Waals surface area contributed by atoms with E-state index < -0.39 is 0 Å². The van der Waals surface area contributed by atoms with E-state index in [0.717, 1.165) is 6.42 Å². The number of rotatable bonds is 5. The molecule has 104 valence electrons. The molecule has 2 aromatic carbocycles. The Hall–Kier alpha value is -2.13. The molecule has 0 unspecified atom stereocenters. The van der Waals surface area contributed by atoms with Gasteiger partial charge >= 0.3 is 0 Å². The third kappa shape index (κ3) is 3.93. The van der Waals surface area contributed by atoms with Crippen LogP contribution in [-0.2, 0) is 0 Å². The van der Waals surface area contributed by atoms with Crippen molar-refractivity contribution in [1.82, 2.24) is 0 Å². The Morgan fingerprint density at radius 3 is 2.50 bits per heavy atom. The van der Waals surface area contributed by atoms with Gasteiger partial charge in [0.15, 0.2) is 11.5 Å². The zero-order chi connectivity index (χ0) is 14.4. The van der Waals surface area contributed by atoms with Crippen molar-refractivity contribution in [3.8, 4) is 23.0 Å². The topological polar surface area (TPSA) is 38.7 Å². The van der Waals surface area contributed by atoms with Gasteiger partial charge in [-0.1, -0.05) is 18.5 Å². The van der Waals surface area contributed by atoms with E-state index in [-0.39, 0.29) is 5.75 Å². The zero-order valence-electron chi connectivity index (χ0n) is 11.0. The van der Waals surface area contributed by atoms with E-state index in [1.165, 1.54) is 6.07 Å². The molecule has 2 rings (SSSR count). The third-order valence-corrected chi connectivity index (χ3v) is 2.76. The molecular formula is C16H15ClO3. The van der Waals surface area contributed by atoms with E-state index in [1.807, 2.05) is 13.0 Å². The van der Waals surface area contributed by atoms with Crippen molar-refractivity contribution in [2.45, 2.75) is 13.3 Å². The third-order valence-electron chi connectivity index (χ3n) is 2.51. The smallest absolute Gasteiger partial charge is 0.171 e. The fourth-order valence-corrected chi connectivity index (χ4v) is 1.63. The molecule has 0 amide bonds. The molecular weight excluding hydrogens is 276 g/mol. The van der Waals surface area contributed by atoms with Gasteiger partial charge in [-0.2, -0.15) is 0 Å². The van der Waals surface area contributed by atoms with Gasteiger partial charge in [-0.25, -0.2) is 0 Å². The van der Waals surface area contributed by atoms with Crippen LogP contribution in [-0.4, -0.2) is 5.11 Å².